The minimum Gasteiger partial charge on any atom is -0.378 e. The predicted octanol–water partition coefficient (Wildman–Crippen LogP) is 3.47. The predicted molar refractivity (Wildman–Crippen MR) is 83.0 cm³/mol. The van der Waals surface area contributed by atoms with Gasteiger partial charge < -0.3 is 10.1 Å². The van der Waals surface area contributed by atoms with Crippen molar-refractivity contribution in [1.82, 2.24) is 5.32 Å². The van der Waals surface area contributed by atoms with Gasteiger partial charge in [0.1, 0.15) is 0 Å². The molecule has 1 aromatic carbocycles. The average molecular weight is 273 g/mol. The number of nitrogens with one attached hydrogen (secondary N) is 1. The highest BCUT2D eigenvalue weighted by Crippen LogP contribution is 2.24. The Morgan fingerprint density at radius 1 is 1.30 bits per heavy atom. The molecule has 2 atom stereocenters. The van der Waals surface area contributed by atoms with Crippen LogP contribution in [0.25, 0.3) is 0 Å². The summed E-state index contributed by atoms with van der Waals surface area (Å²) in [6.07, 6.45) is 8.15. The third-order valence-corrected chi connectivity index (χ3v) is 4.50. The lowest BCUT2D eigenvalue weighted by atomic mass is 9.92. The Labute approximate surface area is 122 Å². The van der Waals surface area contributed by atoms with Gasteiger partial charge in [0.25, 0.3) is 0 Å². The Morgan fingerprint density at radius 2 is 2.20 bits per heavy atom. The van der Waals surface area contributed by atoms with Crippen LogP contribution in [0.5, 0.6) is 0 Å². The van der Waals surface area contributed by atoms with Crippen molar-refractivity contribution in [2.24, 2.45) is 5.92 Å². The molecule has 3 rings (SSSR count). The highest BCUT2D eigenvalue weighted by molar-refractivity contribution is 5.22. The highest BCUT2D eigenvalue weighted by atomic mass is 16.5. The molecule has 0 aromatic heterocycles. The second kappa shape index (κ2) is 6.73. The summed E-state index contributed by atoms with van der Waals surface area (Å²) in [6, 6.07) is 9.77. The molecule has 2 nitrogen and oxygen atoms in total. The molecule has 1 saturated carbocycles. The molecule has 0 spiro atoms. The van der Waals surface area contributed by atoms with Crippen LogP contribution in [0.15, 0.2) is 24.3 Å². The molecule has 2 unspecified atom stereocenters. The SMILES string of the molecule is Cc1cccc(CC(CNC2CC2)CC2CCCO2)c1. The minimum absolute atomic E-state index is 0.505. The van der Waals surface area contributed by atoms with Gasteiger partial charge in [-0.15, -0.1) is 0 Å². The molecule has 110 valence electrons. The molecule has 1 aliphatic heterocycles. The van der Waals surface area contributed by atoms with Gasteiger partial charge in [-0.2, -0.15) is 0 Å². The summed E-state index contributed by atoms with van der Waals surface area (Å²) in [5.74, 6) is 0.709. The van der Waals surface area contributed by atoms with Crippen molar-refractivity contribution in [3.05, 3.63) is 35.4 Å². The summed E-state index contributed by atoms with van der Waals surface area (Å²) in [6.45, 7) is 4.30. The lowest BCUT2D eigenvalue weighted by molar-refractivity contribution is 0.0892. The number of rotatable bonds is 7. The van der Waals surface area contributed by atoms with Crippen LogP contribution in [0.3, 0.4) is 0 Å². The third kappa shape index (κ3) is 4.32. The van der Waals surface area contributed by atoms with Crippen LogP contribution in [0, 0.1) is 12.8 Å². The van der Waals surface area contributed by atoms with Crippen molar-refractivity contribution in [1.29, 1.82) is 0 Å². The summed E-state index contributed by atoms with van der Waals surface area (Å²) in [5, 5.41) is 3.71. The summed E-state index contributed by atoms with van der Waals surface area (Å²) in [7, 11) is 0. The lowest BCUT2D eigenvalue weighted by Gasteiger charge is -2.21. The number of ether oxygens (including phenoxy) is 1. The maximum absolute atomic E-state index is 5.84. The van der Waals surface area contributed by atoms with E-state index in [1.165, 1.54) is 49.7 Å². The molecular weight excluding hydrogens is 246 g/mol. The number of hydrogen-bond donors (Lipinski definition) is 1. The monoisotopic (exact) mass is 273 g/mol. The van der Waals surface area contributed by atoms with E-state index in [9.17, 15) is 0 Å². The lowest BCUT2D eigenvalue weighted by Crippen LogP contribution is -2.28. The van der Waals surface area contributed by atoms with Crippen molar-refractivity contribution in [3.8, 4) is 0 Å². The van der Waals surface area contributed by atoms with Gasteiger partial charge in [-0.25, -0.2) is 0 Å². The molecule has 1 N–H and O–H groups in total. The smallest absolute Gasteiger partial charge is 0.0579 e. The van der Waals surface area contributed by atoms with Crippen LogP contribution in [-0.4, -0.2) is 25.3 Å². The Hall–Kier alpha value is -0.860. The Morgan fingerprint density at radius 3 is 2.90 bits per heavy atom. The van der Waals surface area contributed by atoms with Gasteiger partial charge in [-0.3, -0.25) is 0 Å². The first-order valence-electron chi connectivity index (χ1n) is 8.20. The quantitative estimate of drug-likeness (QED) is 0.821. The maximum atomic E-state index is 5.84. The number of aryl methyl sites for hydroxylation is 1. The van der Waals surface area contributed by atoms with Crippen molar-refractivity contribution in [2.45, 2.75) is 57.6 Å². The zero-order valence-corrected chi connectivity index (χ0v) is 12.6. The summed E-state index contributed by atoms with van der Waals surface area (Å²) in [4.78, 5) is 0. The Balaban J connectivity index is 1.57. The molecule has 20 heavy (non-hydrogen) atoms. The largest absolute Gasteiger partial charge is 0.378 e. The molecule has 1 saturated heterocycles. The molecule has 2 aliphatic rings. The van der Waals surface area contributed by atoms with Gasteiger partial charge >= 0.3 is 0 Å². The minimum atomic E-state index is 0.505. The first kappa shape index (κ1) is 14.1. The van der Waals surface area contributed by atoms with Crippen LogP contribution < -0.4 is 5.32 Å². The maximum Gasteiger partial charge on any atom is 0.0579 e. The van der Waals surface area contributed by atoms with Crippen LogP contribution >= 0.6 is 0 Å². The molecular formula is C18H27NO. The van der Waals surface area contributed by atoms with Gasteiger partial charge in [-0.05, 0) is 63.5 Å². The second-order valence-electron chi connectivity index (χ2n) is 6.61. The first-order valence-corrected chi connectivity index (χ1v) is 8.20. The fourth-order valence-corrected chi connectivity index (χ4v) is 3.23. The molecule has 2 heteroatoms. The Bertz CT molecular complexity index is 421. The number of hydrogen-bond acceptors (Lipinski definition) is 2. The molecule has 2 fully saturated rings. The molecule has 1 aliphatic carbocycles. The van der Waals surface area contributed by atoms with E-state index < -0.39 is 0 Å². The van der Waals surface area contributed by atoms with E-state index in [0.29, 0.717) is 12.0 Å². The van der Waals surface area contributed by atoms with Crippen molar-refractivity contribution < 1.29 is 4.74 Å². The first-order chi connectivity index (χ1) is 9.79. The van der Waals surface area contributed by atoms with Crippen molar-refractivity contribution in [3.63, 3.8) is 0 Å². The van der Waals surface area contributed by atoms with Gasteiger partial charge in [0.15, 0.2) is 0 Å². The fraction of sp³-hybridized carbons (Fsp3) is 0.667. The fourth-order valence-electron chi connectivity index (χ4n) is 3.23. The van der Waals surface area contributed by atoms with E-state index in [1.807, 2.05) is 0 Å². The molecule has 0 radical (unpaired) electrons. The summed E-state index contributed by atoms with van der Waals surface area (Å²) < 4.78 is 5.84. The van der Waals surface area contributed by atoms with E-state index in [-0.39, 0.29) is 0 Å². The van der Waals surface area contributed by atoms with E-state index in [0.717, 1.165) is 19.2 Å². The van der Waals surface area contributed by atoms with Crippen LogP contribution in [0.2, 0.25) is 0 Å². The van der Waals surface area contributed by atoms with Crippen LogP contribution in [0.4, 0.5) is 0 Å². The summed E-state index contributed by atoms with van der Waals surface area (Å²) >= 11 is 0. The highest BCUT2D eigenvalue weighted by Gasteiger charge is 2.25. The van der Waals surface area contributed by atoms with Gasteiger partial charge in [0, 0.05) is 12.6 Å². The van der Waals surface area contributed by atoms with Crippen molar-refractivity contribution in [2.75, 3.05) is 13.2 Å². The second-order valence-corrected chi connectivity index (χ2v) is 6.61. The van der Waals surface area contributed by atoms with E-state index in [1.54, 1.807) is 0 Å². The van der Waals surface area contributed by atoms with Crippen LogP contribution in [-0.2, 0) is 11.2 Å². The standard InChI is InChI=1S/C18H27NO/c1-14-4-2-5-15(10-14)11-16(13-19-17-7-8-17)12-18-6-3-9-20-18/h2,4-5,10,16-19H,3,6-9,11-13H2,1H3. The molecule has 0 amide bonds. The zero-order chi connectivity index (χ0) is 13.8. The normalized spacial score (nSPS) is 23.9. The van der Waals surface area contributed by atoms with Crippen molar-refractivity contribution >= 4 is 0 Å². The van der Waals surface area contributed by atoms with E-state index >= 15 is 0 Å². The van der Waals surface area contributed by atoms with E-state index in [4.69, 9.17) is 4.74 Å². The third-order valence-electron chi connectivity index (χ3n) is 4.50. The average Bonchev–Trinajstić information content (AvgIpc) is 3.12. The number of benzene rings is 1. The molecule has 1 aromatic rings. The van der Waals surface area contributed by atoms with Crippen LogP contribution in [0.1, 0.15) is 43.2 Å². The zero-order valence-electron chi connectivity index (χ0n) is 12.6. The van der Waals surface area contributed by atoms with E-state index in [2.05, 4.69) is 36.5 Å². The van der Waals surface area contributed by atoms with Gasteiger partial charge in [0.05, 0.1) is 6.10 Å². The molecule has 1 heterocycles. The van der Waals surface area contributed by atoms with Gasteiger partial charge in [0.2, 0.25) is 0 Å². The molecule has 0 bridgehead atoms. The van der Waals surface area contributed by atoms with Gasteiger partial charge in [-0.1, -0.05) is 29.8 Å². The Kier molecular flexibility index (Phi) is 4.74. The summed E-state index contributed by atoms with van der Waals surface area (Å²) in [5.41, 5.74) is 2.85. The topological polar surface area (TPSA) is 21.3 Å².